The average Bonchev–Trinajstić information content (AvgIpc) is 3.08. The fraction of sp³-hybridized carbons (Fsp3) is 0.462. The number of hydrogen-bond donors (Lipinski definition) is 2. The van der Waals surface area contributed by atoms with Crippen LogP contribution in [0.3, 0.4) is 0 Å². The Labute approximate surface area is 114 Å². The van der Waals surface area contributed by atoms with Crippen LogP contribution in [0, 0.1) is 0 Å². The van der Waals surface area contributed by atoms with E-state index in [4.69, 9.17) is 9.84 Å². The molecule has 2 N–H and O–H groups in total. The summed E-state index contributed by atoms with van der Waals surface area (Å²) in [6.45, 7) is 0.202. The zero-order valence-electron chi connectivity index (χ0n) is 10.5. The highest BCUT2D eigenvalue weighted by atomic mass is 16.6. The van der Waals surface area contributed by atoms with Crippen LogP contribution in [-0.2, 0) is 19.1 Å². The molecule has 20 heavy (non-hydrogen) atoms. The Morgan fingerprint density at radius 3 is 2.85 bits per heavy atom. The number of rotatable bonds is 5. The number of aliphatic carboxylic acids is 2. The Morgan fingerprint density at radius 2 is 2.20 bits per heavy atom. The number of amides is 1. The Bertz CT molecular complexity index is 563. The van der Waals surface area contributed by atoms with E-state index in [9.17, 15) is 19.5 Å². The van der Waals surface area contributed by atoms with Crippen molar-refractivity contribution in [2.24, 2.45) is 0 Å². The first-order valence-electron chi connectivity index (χ1n) is 6.31. The molecule has 1 fully saturated rings. The van der Waals surface area contributed by atoms with Gasteiger partial charge in [-0.05, 0) is 12.0 Å². The summed E-state index contributed by atoms with van der Waals surface area (Å²) in [5.41, 5.74) is 1.30. The van der Waals surface area contributed by atoms with E-state index >= 15 is 0 Å². The van der Waals surface area contributed by atoms with Crippen molar-refractivity contribution in [2.75, 3.05) is 6.54 Å². The van der Waals surface area contributed by atoms with Crippen LogP contribution in [0.4, 0.5) is 0 Å². The summed E-state index contributed by atoms with van der Waals surface area (Å²) in [4.78, 5) is 35.4. The summed E-state index contributed by atoms with van der Waals surface area (Å²) < 4.78 is 5.32. The normalized spacial score (nSPS) is 28.2. The van der Waals surface area contributed by atoms with E-state index in [1.165, 1.54) is 4.90 Å². The van der Waals surface area contributed by atoms with Gasteiger partial charge in [0, 0.05) is 13.0 Å². The van der Waals surface area contributed by atoms with Crippen molar-refractivity contribution in [3.8, 4) is 0 Å². The molecule has 106 valence electrons. The van der Waals surface area contributed by atoms with Gasteiger partial charge in [0.1, 0.15) is 18.2 Å². The first-order valence-corrected chi connectivity index (χ1v) is 6.31. The van der Waals surface area contributed by atoms with Gasteiger partial charge in [-0.15, -0.1) is 0 Å². The molecule has 7 nitrogen and oxygen atoms in total. The smallest absolute Gasteiger partial charge is 0.326 e. The number of nitrogens with zero attached hydrogens (tertiary/aromatic N) is 1. The molecule has 0 saturated carbocycles. The zero-order valence-corrected chi connectivity index (χ0v) is 10.5. The number of ether oxygens (including phenoxy) is 1. The maximum absolute atomic E-state index is 12.3. The van der Waals surface area contributed by atoms with Crippen LogP contribution in [0.25, 0.3) is 0 Å². The molecular formula is C13H13NO6. The lowest BCUT2D eigenvalue weighted by atomic mass is 10.0. The first kappa shape index (κ1) is 12.9. The van der Waals surface area contributed by atoms with Gasteiger partial charge in [0.05, 0.1) is 5.57 Å². The van der Waals surface area contributed by atoms with Gasteiger partial charge in [-0.25, -0.2) is 4.79 Å². The van der Waals surface area contributed by atoms with E-state index in [1.807, 2.05) is 6.08 Å². The van der Waals surface area contributed by atoms with E-state index in [0.717, 1.165) is 5.57 Å². The molecule has 1 aliphatic carbocycles. The maximum Gasteiger partial charge on any atom is 0.326 e. The van der Waals surface area contributed by atoms with Gasteiger partial charge in [0.25, 0.3) is 5.91 Å². The molecule has 3 atom stereocenters. The molecule has 3 rings (SSSR count). The highest BCUT2D eigenvalue weighted by Crippen LogP contribution is 2.41. The van der Waals surface area contributed by atoms with Gasteiger partial charge in [-0.2, -0.15) is 0 Å². The zero-order chi connectivity index (χ0) is 14.4. The van der Waals surface area contributed by atoms with Gasteiger partial charge in [0.2, 0.25) is 0 Å². The molecule has 2 heterocycles. The molecule has 0 spiro atoms. The lowest BCUT2D eigenvalue weighted by molar-refractivity contribution is -0.149. The molecule has 3 unspecified atom stereocenters. The third-order valence-corrected chi connectivity index (χ3v) is 3.77. The molecule has 3 aliphatic rings. The maximum atomic E-state index is 12.3. The number of carbonyl (C=O) groups excluding carboxylic acids is 1. The van der Waals surface area contributed by atoms with Gasteiger partial charge in [0.15, 0.2) is 0 Å². The van der Waals surface area contributed by atoms with Crippen LogP contribution in [0.2, 0.25) is 0 Å². The second kappa shape index (κ2) is 4.45. The predicted molar refractivity (Wildman–Crippen MR) is 64.8 cm³/mol. The third-order valence-electron chi connectivity index (χ3n) is 3.77. The number of epoxide rings is 1. The summed E-state index contributed by atoms with van der Waals surface area (Å²) in [6, 6.07) is -1.12. The summed E-state index contributed by atoms with van der Waals surface area (Å²) in [6.07, 6.45) is 2.94. The minimum Gasteiger partial charge on any atom is -0.481 e. The Hall–Kier alpha value is -2.15. The summed E-state index contributed by atoms with van der Waals surface area (Å²) >= 11 is 0. The number of carbonyl (C=O) groups is 3. The molecule has 0 aromatic heterocycles. The van der Waals surface area contributed by atoms with Crippen molar-refractivity contribution in [1.82, 2.24) is 4.90 Å². The number of fused-ring (bicyclic) bond motifs is 2. The summed E-state index contributed by atoms with van der Waals surface area (Å²) in [5, 5.41) is 17.9. The summed E-state index contributed by atoms with van der Waals surface area (Å²) in [5.74, 6) is -2.61. The van der Waals surface area contributed by atoms with Crippen molar-refractivity contribution in [1.29, 1.82) is 0 Å². The van der Waals surface area contributed by atoms with E-state index in [0.29, 0.717) is 5.57 Å². The Balaban J connectivity index is 1.77. The minimum atomic E-state index is -1.18. The summed E-state index contributed by atoms with van der Waals surface area (Å²) in [7, 11) is 0. The quantitative estimate of drug-likeness (QED) is 0.674. The van der Waals surface area contributed by atoms with Gasteiger partial charge >= 0.3 is 11.9 Å². The lowest BCUT2D eigenvalue weighted by Crippen LogP contribution is -2.43. The van der Waals surface area contributed by atoms with Crippen molar-refractivity contribution >= 4 is 17.8 Å². The molecule has 2 aliphatic heterocycles. The number of carboxylic acid groups (broad SMARTS) is 2. The third kappa shape index (κ3) is 2.00. The molecule has 1 amide bonds. The van der Waals surface area contributed by atoms with Crippen molar-refractivity contribution < 1.29 is 29.3 Å². The molecule has 0 radical (unpaired) electrons. The second-order valence-corrected chi connectivity index (χ2v) is 5.04. The van der Waals surface area contributed by atoms with Gasteiger partial charge in [-0.3, -0.25) is 9.59 Å². The topological polar surface area (TPSA) is 107 Å². The van der Waals surface area contributed by atoms with E-state index in [-0.39, 0.29) is 37.5 Å². The van der Waals surface area contributed by atoms with Crippen molar-refractivity contribution in [2.45, 2.75) is 31.1 Å². The lowest BCUT2D eigenvalue weighted by Gasteiger charge is -2.24. The first-order chi connectivity index (χ1) is 9.49. The molecule has 7 heteroatoms. The van der Waals surface area contributed by atoms with Crippen LogP contribution < -0.4 is 0 Å². The van der Waals surface area contributed by atoms with Crippen molar-refractivity contribution in [3.63, 3.8) is 0 Å². The predicted octanol–water partition coefficient (Wildman–Crippen LogP) is -0.220. The van der Waals surface area contributed by atoms with Crippen LogP contribution in [0.15, 0.2) is 23.3 Å². The fourth-order valence-electron chi connectivity index (χ4n) is 2.72. The van der Waals surface area contributed by atoms with Crippen LogP contribution in [0.5, 0.6) is 0 Å². The molecule has 0 bridgehead atoms. The molecular weight excluding hydrogens is 266 g/mol. The molecule has 0 aromatic rings. The molecule has 1 saturated heterocycles. The SMILES string of the molecule is O=C(O)CCC(C(=O)O)N1CC2=C(C1=O)C1OC1C=C2. The second-order valence-electron chi connectivity index (χ2n) is 5.04. The van der Waals surface area contributed by atoms with E-state index in [1.54, 1.807) is 6.08 Å². The van der Waals surface area contributed by atoms with E-state index in [2.05, 4.69) is 0 Å². The average molecular weight is 279 g/mol. The van der Waals surface area contributed by atoms with Crippen LogP contribution >= 0.6 is 0 Å². The van der Waals surface area contributed by atoms with Crippen LogP contribution in [0.1, 0.15) is 12.8 Å². The highest BCUT2D eigenvalue weighted by molar-refractivity contribution is 6.02. The van der Waals surface area contributed by atoms with Gasteiger partial charge < -0.3 is 19.8 Å². The van der Waals surface area contributed by atoms with Crippen molar-refractivity contribution in [3.05, 3.63) is 23.3 Å². The number of hydrogen-bond acceptors (Lipinski definition) is 4. The fourth-order valence-corrected chi connectivity index (χ4v) is 2.72. The minimum absolute atomic E-state index is 0.0695. The monoisotopic (exact) mass is 279 g/mol. The Kier molecular flexibility index (Phi) is 2.86. The van der Waals surface area contributed by atoms with Crippen LogP contribution in [-0.4, -0.2) is 57.8 Å². The molecule has 0 aromatic carbocycles. The highest BCUT2D eigenvalue weighted by Gasteiger charge is 2.51. The largest absolute Gasteiger partial charge is 0.481 e. The number of carboxylic acids is 2. The van der Waals surface area contributed by atoms with E-state index < -0.39 is 18.0 Å². The van der Waals surface area contributed by atoms with Gasteiger partial charge in [-0.1, -0.05) is 12.2 Å². The Morgan fingerprint density at radius 1 is 1.45 bits per heavy atom. The standard InChI is InChI=1S/C13H13NO6/c15-9(16)4-2-7(13(18)19)14-5-6-1-3-8-11(20-8)10(6)12(14)17/h1,3,7-8,11H,2,4-5H2,(H,15,16)(H,18,19).